The molecule has 0 unspecified atom stereocenters. The number of hydrogen-bond donors (Lipinski definition) is 1. The zero-order chi connectivity index (χ0) is 13.5. The average molecular weight is 273 g/mol. The molecular weight excluding hydrogens is 256 g/mol. The number of rotatable bonds is 6. The Balaban J connectivity index is 2.58. The first-order valence-corrected chi connectivity index (χ1v) is 6.17. The highest BCUT2D eigenvalue weighted by atomic mass is 35.5. The van der Waals surface area contributed by atoms with E-state index in [1.165, 1.54) is 7.11 Å². The summed E-state index contributed by atoms with van der Waals surface area (Å²) in [7, 11) is 1.32. The fraction of sp³-hybridized carbons (Fsp3) is 0.500. The Morgan fingerprint density at radius 1 is 1.50 bits per heavy atom. The molecule has 0 spiro atoms. The lowest BCUT2D eigenvalue weighted by Gasteiger charge is -2.08. The number of carbonyl (C=O) groups is 2. The van der Waals surface area contributed by atoms with Crippen LogP contribution in [0.1, 0.15) is 30.3 Å². The van der Waals surface area contributed by atoms with Gasteiger partial charge in [-0.05, 0) is 12.5 Å². The van der Waals surface area contributed by atoms with Gasteiger partial charge in [0, 0.05) is 19.3 Å². The van der Waals surface area contributed by atoms with E-state index in [0.29, 0.717) is 10.7 Å². The van der Waals surface area contributed by atoms with E-state index in [0.717, 1.165) is 13.0 Å². The summed E-state index contributed by atoms with van der Waals surface area (Å²) in [6.45, 7) is 3.00. The van der Waals surface area contributed by atoms with Gasteiger partial charge in [0.15, 0.2) is 0 Å². The van der Waals surface area contributed by atoms with E-state index in [2.05, 4.69) is 10.1 Å². The maximum absolute atomic E-state index is 11.9. The molecule has 0 aromatic carbocycles. The Morgan fingerprint density at radius 2 is 2.22 bits per heavy atom. The minimum atomic E-state index is -0.350. The Kier molecular flexibility index (Phi) is 5.71. The zero-order valence-corrected chi connectivity index (χ0v) is 11.3. The number of amides is 1. The molecule has 1 heterocycles. The number of aromatic nitrogens is 1. The largest absolute Gasteiger partial charge is 0.469 e. The van der Waals surface area contributed by atoms with Gasteiger partial charge in [0.1, 0.15) is 5.69 Å². The number of aryl methyl sites for hydroxylation is 1. The Labute approximate surface area is 111 Å². The molecule has 1 N–H and O–H groups in total. The Morgan fingerprint density at radius 3 is 2.83 bits per heavy atom. The van der Waals surface area contributed by atoms with Crippen molar-refractivity contribution in [3.05, 3.63) is 23.0 Å². The first-order chi connectivity index (χ1) is 8.58. The molecule has 0 radical (unpaired) electrons. The number of hydrogen-bond acceptors (Lipinski definition) is 3. The second kappa shape index (κ2) is 7.06. The average Bonchev–Trinajstić information content (AvgIpc) is 2.70. The van der Waals surface area contributed by atoms with Crippen LogP contribution >= 0.6 is 11.6 Å². The summed E-state index contributed by atoms with van der Waals surface area (Å²) in [4.78, 5) is 22.8. The molecule has 0 fully saturated rings. The van der Waals surface area contributed by atoms with Crippen LogP contribution in [0.3, 0.4) is 0 Å². The van der Waals surface area contributed by atoms with Crippen molar-refractivity contribution in [1.82, 2.24) is 9.88 Å². The second-order valence-electron chi connectivity index (χ2n) is 3.82. The summed E-state index contributed by atoms with van der Waals surface area (Å²) in [5.41, 5.74) is 0.506. The first kappa shape index (κ1) is 14.6. The van der Waals surface area contributed by atoms with Crippen molar-refractivity contribution in [1.29, 1.82) is 0 Å². The van der Waals surface area contributed by atoms with Gasteiger partial charge in [-0.15, -0.1) is 0 Å². The van der Waals surface area contributed by atoms with Gasteiger partial charge in [-0.1, -0.05) is 18.5 Å². The van der Waals surface area contributed by atoms with Crippen LogP contribution < -0.4 is 5.32 Å². The normalized spacial score (nSPS) is 10.2. The van der Waals surface area contributed by atoms with Crippen molar-refractivity contribution in [2.45, 2.75) is 26.3 Å². The molecule has 5 nitrogen and oxygen atoms in total. The van der Waals surface area contributed by atoms with Gasteiger partial charge in [0.2, 0.25) is 0 Å². The van der Waals surface area contributed by atoms with E-state index < -0.39 is 0 Å². The predicted molar refractivity (Wildman–Crippen MR) is 68.7 cm³/mol. The topological polar surface area (TPSA) is 60.3 Å². The minimum absolute atomic E-state index is 0.157. The van der Waals surface area contributed by atoms with E-state index in [4.69, 9.17) is 11.6 Å². The molecule has 0 aliphatic carbocycles. The summed E-state index contributed by atoms with van der Waals surface area (Å²) in [6, 6.07) is 1.62. The van der Waals surface area contributed by atoms with Crippen molar-refractivity contribution in [2.24, 2.45) is 0 Å². The van der Waals surface area contributed by atoms with Gasteiger partial charge in [0.25, 0.3) is 5.91 Å². The van der Waals surface area contributed by atoms with E-state index in [1.807, 2.05) is 6.92 Å². The summed E-state index contributed by atoms with van der Waals surface area (Å²) in [5.74, 6) is -0.587. The van der Waals surface area contributed by atoms with Crippen LogP contribution in [-0.4, -0.2) is 30.1 Å². The quantitative estimate of drug-likeness (QED) is 0.804. The van der Waals surface area contributed by atoms with E-state index in [9.17, 15) is 9.59 Å². The number of carbonyl (C=O) groups excluding carboxylic acids is 2. The molecule has 1 aromatic rings. The number of esters is 1. The summed E-state index contributed by atoms with van der Waals surface area (Å²) >= 11 is 5.88. The van der Waals surface area contributed by atoms with Crippen LogP contribution in [0.15, 0.2) is 12.3 Å². The molecule has 0 bridgehead atoms. The molecule has 0 saturated heterocycles. The fourth-order valence-electron chi connectivity index (χ4n) is 1.56. The van der Waals surface area contributed by atoms with Gasteiger partial charge in [-0.2, -0.15) is 0 Å². The SMILES string of the molecule is CCCn1cc(Cl)cc1C(=O)NCCC(=O)OC. The van der Waals surface area contributed by atoms with Crippen LogP contribution in [0.2, 0.25) is 5.02 Å². The molecule has 1 rings (SSSR count). The second-order valence-corrected chi connectivity index (χ2v) is 4.26. The molecule has 18 heavy (non-hydrogen) atoms. The van der Waals surface area contributed by atoms with E-state index in [1.54, 1.807) is 16.8 Å². The molecule has 6 heteroatoms. The van der Waals surface area contributed by atoms with Crippen LogP contribution in [0.25, 0.3) is 0 Å². The van der Waals surface area contributed by atoms with E-state index >= 15 is 0 Å². The lowest BCUT2D eigenvalue weighted by Crippen LogP contribution is -2.28. The molecular formula is C12H17ClN2O3. The molecule has 1 amide bonds. The van der Waals surface area contributed by atoms with Crippen LogP contribution in [0.5, 0.6) is 0 Å². The van der Waals surface area contributed by atoms with E-state index in [-0.39, 0.29) is 24.8 Å². The van der Waals surface area contributed by atoms with Gasteiger partial charge >= 0.3 is 5.97 Å². The third kappa shape index (κ3) is 4.07. The molecule has 100 valence electrons. The number of methoxy groups -OCH3 is 1. The standard InChI is InChI=1S/C12H17ClN2O3/c1-3-6-15-8-9(13)7-10(15)12(17)14-5-4-11(16)18-2/h7-8H,3-6H2,1-2H3,(H,14,17). The molecule has 1 aromatic heterocycles. The number of nitrogens with zero attached hydrogens (tertiary/aromatic N) is 1. The molecule has 0 aliphatic heterocycles. The third-order valence-electron chi connectivity index (χ3n) is 2.40. The van der Waals surface area contributed by atoms with Crippen LogP contribution in [0, 0.1) is 0 Å². The van der Waals surface area contributed by atoms with Crippen molar-refractivity contribution in [2.75, 3.05) is 13.7 Å². The third-order valence-corrected chi connectivity index (χ3v) is 2.61. The number of ether oxygens (including phenoxy) is 1. The Hall–Kier alpha value is -1.49. The Bertz CT molecular complexity index is 429. The van der Waals surface area contributed by atoms with Gasteiger partial charge in [-0.3, -0.25) is 9.59 Å². The maximum Gasteiger partial charge on any atom is 0.307 e. The highest BCUT2D eigenvalue weighted by molar-refractivity contribution is 6.31. The van der Waals surface area contributed by atoms with Crippen molar-refractivity contribution in [3.63, 3.8) is 0 Å². The summed E-state index contributed by atoms with van der Waals surface area (Å²) < 4.78 is 6.29. The lowest BCUT2D eigenvalue weighted by molar-refractivity contribution is -0.140. The maximum atomic E-state index is 11.9. The van der Waals surface area contributed by atoms with Crippen molar-refractivity contribution < 1.29 is 14.3 Å². The highest BCUT2D eigenvalue weighted by Gasteiger charge is 2.12. The zero-order valence-electron chi connectivity index (χ0n) is 10.5. The van der Waals surface area contributed by atoms with Crippen LogP contribution in [-0.2, 0) is 16.1 Å². The monoisotopic (exact) mass is 272 g/mol. The van der Waals surface area contributed by atoms with Crippen LogP contribution in [0.4, 0.5) is 0 Å². The summed E-state index contributed by atoms with van der Waals surface area (Å²) in [5, 5.41) is 3.19. The van der Waals surface area contributed by atoms with Gasteiger partial charge in [0.05, 0.1) is 18.6 Å². The van der Waals surface area contributed by atoms with Crippen molar-refractivity contribution in [3.8, 4) is 0 Å². The number of halogens is 1. The minimum Gasteiger partial charge on any atom is -0.469 e. The molecule has 0 aliphatic rings. The van der Waals surface area contributed by atoms with Gasteiger partial charge < -0.3 is 14.6 Å². The molecule has 0 saturated carbocycles. The fourth-order valence-corrected chi connectivity index (χ4v) is 1.78. The predicted octanol–water partition coefficient (Wildman–Crippen LogP) is 1.84. The molecule has 0 atom stereocenters. The highest BCUT2D eigenvalue weighted by Crippen LogP contribution is 2.14. The lowest BCUT2D eigenvalue weighted by atomic mass is 10.3. The summed E-state index contributed by atoms with van der Waals surface area (Å²) in [6.07, 6.45) is 2.79. The first-order valence-electron chi connectivity index (χ1n) is 5.79. The smallest absolute Gasteiger partial charge is 0.307 e. The number of nitrogens with one attached hydrogen (secondary N) is 1. The van der Waals surface area contributed by atoms with Crippen molar-refractivity contribution >= 4 is 23.5 Å². The van der Waals surface area contributed by atoms with Gasteiger partial charge in [-0.25, -0.2) is 0 Å².